The van der Waals surface area contributed by atoms with E-state index in [1.165, 1.54) is 13.2 Å². The summed E-state index contributed by atoms with van der Waals surface area (Å²) in [4.78, 5) is 11.6. The van der Waals surface area contributed by atoms with Gasteiger partial charge in [0, 0.05) is 11.1 Å². The first-order valence-electron chi connectivity index (χ1n) is 7.20. The number of rotatable bonds is 4. The lowest BCUT2D eigenvalue weighted by Crippen LogP contribution is -2.38. The van der Waals surface area contributed by atoms with Gasteiger partial charge in [-0.05, 0) is 50.3 Å². The number of halogens is 1. The molecule has 0 radical (unpaired) electrons. The lowest BCUT2D eigenvalue weighted by Gasteiger charge is -2.27. The summed E-state index contributed by atoms with van der Waals surface area (Å²) in [7, 11) is -2.22. The highest BCUT2D eigenvalue weighted by atomic mass is 35.5. The molecule has 7 heteroatoms. The van der Waals surface area contributed by atoms with E-state index in [-0.39, 0.29) is 22.8 Å². The standard InChI is InChI=1S/C15H20ClNO4S/c1-10-3-8-13(9-14(10)16)22(19,20)17-12-6-4-11(5-7-12)15(18)21-2/h3,8-9,11-12,17H,4-7H2,1-2H3/t11-,12-. The third-order valence-electron chi connectivity index (χ3n) is 4.04. The molecule has 1 fully saturated rings. The van der Waals surface area contributed by atoms with Crippen LogP contribution in [0, 0.1) is 12.8 Å². The Bertz CT molecular complexity index is 652. The first kappa shape index (κ1) is 17.2. The second-order valence-corrected chi connectivity index (χ2v) is 7.73. The van der Waals surface area contributed by atoms with Gasteiger partial charge >= 0.3 is 5.97 Å². The van der Waals surface area contributed by atoms with E-state index in [9.17, 15) is 13.2 Å². The highest BCUT2D eigenvalue weighted by Gasteiger charge is 2.29. The summed E-state index contributed by atoms with van der Waals surface area (Å²) in [6.45, 7) is 1.82. The molecule has 1 aliphatic rings. The first-order valence-corrected chi connectivity index (χ1v) is 9.06. The Kier molecular flexibility index (Phi) is 5.47. The van der Waals surface area contributed by atoms with E-state index in [1.807, 2.05) is 6.92 Å². The molecule has 0 bridgehead atoms. The Labute approximate surface area is 136 Å². The van der Waals surface area contributed by atoms with Crippen molar-refractivity contribution in [3.63, 3.8) is 0 Å². The number of methoxy groups -OCH3 is 1. The third-order valence-corrected chi connectivity index (χ3v) is 5.96. The van der Waals surface area contributed by atoms with Crippen LogP contribution in [0.3, 0.4) is 0 Å². The van der Waals surface area contributed by atoms with Crippen LogP contribution in [0.5, 0.6) is 0 Å². The highest BCUT2D eigenvalue weighted by Crippen LogP contribution is 2.27. The number of carbonyl (C=O) groups excluding carboxylic acids is 1. The summed E-state index contributed by atoms with van der Waals surface area (Å²) < 4.78 is 32.2. The van der Waals surface area contributed by atoms with E-state index in [0.717, 1.165) is 5.56 Å². The normalized spacial score (nSPS) is 22.3. The molecule has 2 rings (SSSR count). The molecule has 0 atom stereocenters. The molecule has 5 nitrogen and oxygen atoms in total. The average molecular weight is 346 g/mol. The molecule has 0 aliphatic heterocycles. The van der Waals surface area contributed by atoms with Gasteiger partial charge in [-0.2, -0.15) is 0 Å². The average Bonchev–Trinajstić information content (AvgIpc) is 2.49. The van der Waals surface area contributed by atoms with Gasteiger partial charge < -0.3 is 4.74 Å². The van der Waals surface area contributed by atoms with Gasteiger partial charge in [-0.25, -0.2) is 13.1 Å². The van der Waals surface area contributed by atoms with Gasteiger partial charge in [0.25, 0.3) is 0 Å². The first-order chi connectivity index (χ1) is 10.3. The van der Waals surface area contributed by atoms with Crippen LogP contribution in [0.25, 0.3) is 0 Å². The van der Waals surface area contributed by atoms with Crippen LogP contribution in [-0.2, 0) is 19.6 Å². The molecule has 1 saturated carbocycles. The number of carbonyl (C=O) groups is 1. The van der Waals surface area contributed by atoms with E-state index < -0.39 is 10.0 Å². The molecular formula is C15H20ClNO4S. The van der Waals surface area contributed by atoms with Crippen LogP contribution in [0.2, 0.25) is 5.02 Å². The predicted octanol–water partition coefficient (Wildman–Crippen LogP) is 2.66. The van der Waals surface area contributed by atoms with Gasteiger partial charge in [0.2, 0.25) is 10.0 Å². The van der Waals surface area contributed by atoms with Crippen LogP contribution in [0.4, 0.5) is 0 Å². The van der Waals surface area contributed by atoms with E-state index in [2.05, 4.69) is 4.72 Å². The molecule has 1 aliphatic carbocycles. The van der Waals surface area contributed by atoms with Crippen molar-refractivity contribution < 1.29 is 17.9 Å². The third kappa shape index (κ3) is 4.00. The van der Waals surface area contributed by atoms with Crippen molar-refractivity contribution in [2.75, 3.05) is 7.11 Å². The maximum Gasteiger partial charge on any atom is 0.308 e. The minimum absolute atomic E-state index is 0.125. The quantitative estimate of drug-likeness (QED) is 0.851. The van der Waals surface area contributed by atoms with Crippen LogP contribution in [0.1, 0.15) is 31.2 Å². The van der Waals surface area contributed by atoms with Crippen molar-refractivity contribution in [3.05, 3.63) is 28.8 Å². The molecule has 0 unspecified atom stereocenters. The fourth-order valence-electron chi connectivity index (χ4n) is 2.64. The van der Waals surface area contributed by atoms with Crippen molar-refractivity contribution >= 4 is 27.6 Å². The topological polar surface area (TPSA) is 72.5 Å². The molecule has 0 aromatic heterocycles. The summed E-state index contributed by atoms with van der Waals surface area (Å²) in [6.07, 6.45) is 2.51. The summed E-state index contributed by atoms with van der Waals surface area (Å²) in [5.74, 6) is -0.341. The molecule has 22 heavy (non-hydrogen) atoms. The van der Waals surface area contributed by atoms with Gasteiger partial charge in [0.15, 0.2) is 0 Å². The number of esters is 1. The Balaban J connectivity index is 2.01. The fourth-order valence-corrected chi connectivity index (χ4v) is 4.22. The smallest absolute Gasteiger partial charge is 0.308 e. The Hall–Kier alpha value is -1.11. The zero-order valence-electron chi connectivity index (χ0n) is 12.6. The van der Waals surface area contributed by atoms with Gasteiger partial charge in [-0.1, -0.05) is 17.7 Å². The minimum Gasteiger partial charge on any atom is -0.469 e. The molecular weight excluding hydrogens is 326 g/mol. The van der Waals surface area contributed by atoms with Crippen molar-refractivity contribution in [2.24, 2.45) is 5.92 Å². The Morgan fingerprint density at radius 1 is 1.27 bits per heavy atom. The molecule has 0 amide bonds. The lowest BCUT2D eigenvalue weighted by molar-refractivity contribution is -0.146. The van der Waals surface area contributed by atoms with Crippen LogP contribution in [-0.4, -0.2) is 27.5 Å². The predicted molar refractivity (Wildman–Crippen MR) is 84.3 cm³/mol. The molecule has 0 spiro atoms. The van der Waals surface area contributed by atoms with Crippen molar-refractivity contribution in [3.8, 4) is 0 Å². The summed E-state index contributed by atoms with van der Waals surface area (Å²) in [6, 6.07) is 4.53. The van der Waals surface area contributed by atoms with E-state index in [4.69, 9.17) is 16.3 Å². The zero-order valence-corrected chi connectivity index (χ0v) is 14.2. The molecule has 1 aromatic carbocycles. The monoisotopic (exact) mass is 345 g/mol. The zero-order chi connectivity index (χ0) is 16.3. The van der Waals surface area contributed by atoms with Crippen LogP contribution < -0.4 is 4.72 Å². The van der Waals surface area contributed by atoms with E-state index in [0.29, 0.717) is 30.7 Å². The number of aryl methyl sites for hydroxylation is 1. The number of nitrogens with one attached hydrogen (secondary N) is 1. The maximum absolute atomic E-state index is 12.4. The van der Waals surface area contributed by atoms with Crippen molar-refractivity contribution in [2.45, 2.75) is 43.5 Å². The number of hydrogen-bond donors (Lipinski definition) is 1. The number of sulfonamides is 1. The Morgan fingerprint density at radius 3 is 2.45 bits per heavy atom. The largest absolute Gasteiger partial charge is 0.469 e. The number of ether oxygens (including phenoxy) is 1. The number of hydrogen-bond acceptors (Lipinski definition) is 4. The van der Waals surface area contributed by atoms with E-state index >= 15 is 0 Å². The molecule has 122 valence electrons. The van der Waals surface area contributed by atoms with Crippen LogP contribution in [0.15, 0.2) is 23.1 Å². The highest BCUT2D eigenvalue weighted by molar-refractivity contribution is 7.89. The lowest BCUT2D eigenvalue weighted by atomic mass is 9.86. The molecule has 0 saturated heterocycles. The summed E-state index contributed by atoms with van der Waals surface area (Å²) in [5, 5.41) is 0.428. The van der Waals surface area contributed by atoms with Crippen LogP contribution >= 0.6 is 11.6 Å². The molecule has 1 N–H and O–H groups in total. The minimum atomic E-state index is -3.59. The molecule has 0 heterocycles. The SMILES string of the molecule is COC(=O)[C@H]1CC[C@H](NS(=O)(=O)c2ccc(C)c(Cl)c2)CC1. The number of benzene rings is 1. The van der Waals surface area contributed by atoms with Gasteiger partial charge in [0.1, 0.15) is 0 Å². The maximum atomic E-state index is 12.4. The second kappa shape index (κ2) is 6.98. The van der Waals surface area contributed by atoms with Gasteiger partial charge in [-0.3, -0.25) is 4.79 Å². The van der Waals surface area contributed by atoms with Gasteiger partial charge in [0.05, 0.1) is 17.9 Å². The second-order valence-electron chi connectivity index (χ2n) is 5.60. The summed E-state index contributed by atoms with van der Waals surface area (Å²) in [5.41, 5.74) is 0.833. The van der Waals surface area contributed by atoms with E-state index in [1.54, 1.807) is 12.1 Å². The van der Waals surface area contributed by atoms with Gasteiger partial charge in [-0.15, -0.1) is 0 Å². The van der Waals surface area contributed by atoms with Crippen molar-refractivity contribution in [1.29, 1.82) is 0 Å². The fraction of sp³-hybridized carbons (Fsp3) is 0.533. The molecule has 1 aromatic rings. The Morgan fingerprint density at radius 2 is 1.91 bits per heavy atom. The van der Waals surface area contributed by atoms with Crippen molar-refractivity contribution in [1.82, 2.24) is 4.72 Å². The summed E-state index contributed by atoms with van der Waals surface area (Å²) >= 11 is 5.99.